The van der Waals surface area contributed by atoms with E-state index in [9.17, 15) is 4.79 Å². The lowest BCUT2D eigenvalue weighted by Crippen LogP contribution is -2.35. The first-order chi connectivity index (χ1) is 7.15. The van der Waals surface area contributed by atoms with Crippen LogP contribution in [0.4, 0.5) is 0 Å². The number of carbonyl (C=O) groups is 1. The molecule has 0 aromatic heterocycles. The van der Waals surface area contributed by atoms with Crippen molar-refractivity contribution in [3.63, 3.8) is 0 Å². The summed E-state index contributed by atoms with van der Waals surface area (Å²) in [6, 6.07) is 0. The number of nitrogens with zero attached hydrogens (tertiary/aromatic N) is 1. The van der Waals surface area contributed by atoms with Crippen molar-refractivity contribution >= 4 is 5.91 Å². The Morgan fingerprint density at radius 1 is 1.47 bits per heavy atom. The highest BCUT2D eigenvalue weighted by molar-refractivity contribution is 5.82. The molecule has 3 heteroatoms. The maximum Gasteiger partial charge on any atom is 0.226 e. The summed E-state index contributed by atoms with van der Waals surface area (Å²) < 4.78 is 0. The van der Waals surface area contributed by atoms with Gasteiger partial charge in [-0.3, -0.25) is 4.79 Å². The van der Waals surface area contributed by atoms with Gasteiger partial charge in [-0.25, -0.2) is 0 Å². The summed E-state index contributed by atoms with van der Waals surface area (Å²) in [5.41, 5.74) is 5.57. The lowest BCUT2D eigenvalue weighted by molar-refractivity contribution is -0.132. The van der Waals surface area contributed by atoms with E-state index >= 15 is 0 Å². The van der Waals surface area contributed by atoms with Crippen LogP contribution in [0.2, 0.25) is 0 Å². The Labute approximate surface area is 92.0 Å². The minimum Gasteiger partial charge on any atom is -0.345 e. The lowest BCUT2D eigenvalue weighted by atomic mass is 10.1. The predicted molar refractivity (Wildman–Crippen MR) is 60.2 cm³/mol. The minimum absolute atomic E-state index is 0.366. The number of fused-ring (bicyclic) bond motifs is 1. The highest BCUT2D eigenvalue weighted by atomic mass is 16.2. The second-order valence-corrected chi connectivity index (χ2v) is 5.34. The largest absolute Gasteiger partial charge is 0.345 e. The van der Waals surface area contributed by atoms with Crippen molar-refractivity contribution in [2.45, 2.75) is 26.2 Å². The predicted octanol–water partition coefficient (Wildman–Crippen LogP) is 1.09. The number of rotatable bonds is 4. The van der Waals surface area contributed by atoms with Crippen LogP contribution in [0.1, 0.15) is 26.2 Å². The first kappa shape index (κ1) is 10.9. The minimum atomic E-state index is 0.366. The molecule has 0 saturated heterocycles. The molecule has 2 fully saturated rings. The SMILES string of the molecule is CC(CN)CN(C)C(=O)C1C2CCCC21. The molecule has 0 radical (unpaired) electrons. The fourth-order valence-corrected chi connectivity index (χ4v) is 3.07. The molecule has 2 saturated carbocycles. The maximum absolute atomic E-state index is 12.1. The van der Waals surface area contributed by atoms with Crippen LogP contribution in [0.15, 0.2) is 0 Å². The van der Waals surface area contributed by atoms with Crippen LogP contribution in [0.3, 0.4) is 0 Å². The van der Waals surface area contributed by atoms with Crippen molar-refractivity contribution in [3.05, 3.63) is 0 Å². The Morgan fingerprint density at radius 2 is 2.07 bits per heavy atom. The quantitative estimate of drug-likeness (QED) is 0.755. The van der Waals surface area contributed by atoms with Crippen LogP contribution in [0.5, 0.6) is 0 Å². The highest BCUT2D eigenvalue weighted by Crippen LogP contribution is 2.58. The molecular formula is C12H22N2O. The summed E-state index contributed by atoms with van der Waals surface area (Å²) in [5.74, 6) is 2.61. The van der Waals surface area contributed by atoms with E-state index in [1.807, 2.05) is 11.9 Å². The van der Waals surface area contributed by atoms with Gasteiger partial charge in [0.1, 0.15) is 0 Å². The normalized spacial score (nSPS) is 34.7. The molecule has 0 bridgehead atoms. The molecule has 0 spiro atoms. The second kappa shape index (κ2) is 4.12. The monoisotopic (exact) mass is 210 g/mol. The van der Waals surface area contributed by atoms with Gasteiger partial charge in [0.2, 0.25) is 5.91 Å². The summed E-state index contributed by atoms with van der Waals surface area (Å²) in [4.78, 5) is 13.9. The fraction of sp³-hybridized carbons (Fsp3) is 0.917. The molecule has 0 aliphatic heterocycles. The average Bonchev–Trinajstić information content (AvgIpc) is 2.69. The second-order valence-electron chi connectivity index (χ2n) is 5.34. The Balaban J connectivity index is 1.81. The van der Waals surface area contributed by atoms with E-state index < -0.39 is 0 Å². The first-order valence-electron chi connectivity index (χ1n) is 6.10. The summed E-state index contributed by atoms with van der Waals surface area (Å²) in [6.07, 6.45) is 3.89. The third kappa shape index (κ3) is 2.03. The topological polar surface area (TPSA) is 46.3 Å². The zero-order valence-electron chi connectivity index (χ0n) is 9.78. The van der Waals surface area contributed by atoms with Crippen LogP contribution >= 0.6 is 0 Å². The summed E-state index contributed by atoms with van der Waals surface area (Å²) in [6.45, 7) is 3.57. The van der Waals surface area contributed by atoms with Gasteiger partial charge < -0.3 is 10.6 Å². The van der Waals surface area contributed by atoms with Crippen molar-refractivity contribution in [2.75, 3.05) is 20.1 Å². The van der Waals surface area contributed by atoms with E-state index in [1.54, 1.807) is 0 Å². The molecule has 3 nitrogen and oxygen atoms in total. The van der Waals surface area contributed by atoms with Crippen molar-refractivity contribution < 1.29 is 4.79 Å². The zero-order valence-corrected chi connectivity index (χ0v) is 9.78. The van der Waals surface area contributed by atoms with Gasteiger partial charge in [-0.15, -0.1) is 0 Å². The van der Waals surface area contributed by atoms with Crippen LogP contribution < -0.4 is 5.73 Å². The Morgan fingerprint density at radius 3 is 2.60 bits per heavy atom. The Bertz CT molecular complexity index is 244. The van der Waals surface area contributed by atoms with Gasteiger partial charge in [0.05, 0.1) is 0 Å². The van der Waals surface area contributed by atoms with Gasteiger partial charge in [0.15, 0.2) is 0 Å². The number of nitrogens with two attached hydrogens (primary N) is 1. The summed E-state index contributed by atoms with van der Waals surface area (Å²) in [5, 5.41) is 0. The van der Waals surface area contributed by atoms with Crippen LogP contribution in [-0.2, 0) is 4.79 Å². The van der Waals surface area contributed by atoms with E-state index in [4.69, 9.17) is 5.73 Å². The van der Waals surface area contributed by atoms with E-state index in [0.29, 0.717) is 24.3 Å². The molecule has 0 aromatic carbocycles. The molecule has 3 unspecified atom stereocenters. The van der Waals surface area contributed by atoms with Crippen LogP contribution in [0, 0.1) is 23.7 Å². The van der Waals surface area contributed by atoms with Crippen molar-refractivity contribution in [1.29, 1.82) is 0 Å². The zero-order chi connectivity index (χ0) is 11.0. The molecule has 2 N–H and O–H groups in total. The molecule has 1 amide bonds. The van der Waals surface area contributed by atoms with Crippen molar-refractivity contribution in [2.24, 2.45) is 29.4 Å². The van der Waals surface area contributed by atoms with Crippen LogP contribution in [-0.4, -0.2) is 30.9 Å². The molecule has 0 aromatic rings. The maximum atomic E-state index is 12.1. The van der Waals surface area contributed by atoms with Gasteiger partial charge in [-0.2, -0.15) is 0 Å². The lowest BCUT2D eigenvalue weighted by Gasteiger charge is -2.21. The molecule has 0 heterocycles. The number of hydrogen-bond acceptors (Lipinski definition) is 2. The van der Waals surface area contributed by atoms with E-state index in [-0.39, 0.29) is 0 Å². The summed E-state index contributed by atoms with van der Waals surface area (Å²) >= 11 is 0. The standard InChI is InChI=1S/C12H22N2O/c1-8(6-13)7-14(2)12(15)11-9-4-3-5-10(9)11/h8-11H,3-7,13H2,1-2H3. The highest BCUT2D eigenvalue weighted by Gasteiger charge is 2.57. The molecule has 3 atom stereocenters. The van der Waals surface area contributed by atoms with Gasteiger partial charge in [-0.1, -0.05) is 13.3 Å². The molecular weight excluding hydrogens is 188 g/mol. The number of amides is 1. The molecule has 15 heavy (non-hydrogen) atoms. The van der Waals surface area contributed by atoms with Gasteiger partial charge >= 0.3 is 0 Å². The van der Waals surface area contributed by atoms with Crippen LogP contribution in [0.25, 0.3) is 0 Å². The van der Waals surface area contributed by atoms with Gasteiger partial charge in [-0.05, 0) is 37.1 Å². The molecule has 2 aliphatic rings. The third-order valence-corrected chi connectivity index (χ3v) is 4.06. The smallest absolute Gasteiger partial charge is 0.226 e. The van der Waals surface area contributed by atoms with E-state index in [1.165, 1.54) is 19.3 Å². The molecule has 2 rings (SSSR count). The Kier molecular flexibility index (Phi) is 3.01. The first-order valence-corrected chi connectivity index (χ1v) is 6.10. The third-order valence-electron chi connectivity index (χ3n) is 4.06. The van der Waals surface area contributed by atoms with E-state index in [0.717, 1.165) is 18.4 Å². The van der Waals surface area contributed by atoms with E-state index in [2.05, 4.69) is 6.92 Å². The van der Waals surface area contributed by atoms with Crippen molar-refractivity contribution in [1.82, 2.24) is 4.90 Å². The Hall–Kier alpha value is -0.570. The van der Waals surface area contributed by atoms with Crippen molar-refractivity contribution in [3.8, 4) is 0 Å². The van der Waals surface area contributed by atoms with Gasteiger partial charge in [0, 0.05) is 19.5 Å². The number of hydrogen-bond donors (Lipinski definition) is 1. The fourth-order valence-electron chi connectivity index (χ4n) is 3.07. The molecule has 2 aliphatic carbocycles. The molecule has 86 valence electrons. The summed E-state index contributed by atoms with van der Waals surface area (Å²) in [7, 11) is 1.92. The average molecular weight is 210 g/mol. The number of carbonyl (C=O) groups excluding carboxylic acids is 1. The van der Waals surface area contributed by atoms with Gasteiger partial charge in [0.25, 0.3) is 0 Å².